The molecule has 88 valence electrons. The van der Waals surface area contributed by atoms with Gasteiger partial charge in [0.15, 0.2) is 0 Å². The lowest BCUT2D eigenvalue weighted by Crippen LogP contribution is -2.07. The van der Waals surface area contributed by atoms with Crippen LogP contribution in [0.2, 0.25) is 0 Å². The Morgan fingerprint density at radius 3 is 2.81 bits per heavy atom. The van der Waals surface area contributed by atoms with Crippen LogP contribution in [0.25, 0.3) is 0 Å². The lowest BCUT2D eigenvalue weighted by molar-refractivity contribution is -0.137. The maximum atomic E-state index is 10.7. The number of carboxylic acid groups (broad SMARTS) is 1. The van der Waals surface area contributed by atoms with Gasteiger partial charge in [0.1, 0.15) is 0 Å². The number of hydrogen-bond acceptors (Lipinski definition) is 3. The van der Waals surface area contributed by atoms with Gasteiger partial charge in [0.05, 0.1) is 17.1 Å². The van der Waals surface area contributed by atoms with Crippen molar-refractivity contribution in [3.63, 3.8) is 0 Å². The number of aromatic nitrogens is 1. The zero-order chi connectivity index (χ0) is 11.7. The fraction of sp³-hybridized carbons (Fsp3) is 0.667. The average molecular weight is 239 g/mol. The van der Waals surface area contributed by atoms with Crippen LogP contribution < -0.4 is 0 Å². The largest absolute Gasteiger partial charge is 0.481 e. The van der Waals surface area contributed by atoms with E-state index in [1.807, 2.05) is 13.8 Å². The van der Waals surface area contributed by atoms with E-state index in [0.29, 0.717) is 5.92 Å². The zero-order valence-corrected chi connectivity index (χ0v) is 10.5. The second-order valence-corrected chi connectivity index (χ2v) is 5.69. The van der Waals surface area contributed by atoms with Gasteiger partial charge < -0.3 is 5.11 Å². The molecular formula is C12H17NO2S. The molecule has 1 atom stereocenters. The van der Waals surface area contributed by atoms with E-state index in [1.54, 1.807) is 11.3 Å². The molecule has 1 fully saturated rings. The summed E-state index contributed by atoms with van der Waals surface area (Å²) in [6.07, 6.45) is 4.01. The molecule has 1 unspecified atom stereocenters. The van der Waals surface area contributed by atoms with Crippen LogP contribution in [0, 0.1) is 6.92 Å². The van der Waals surface area contributed by atoms with Crippen LogP contribution in [0.1, 0.15) is 60.0 Å². The molecule has 0 saturated heterocycles. The lowest BCUT2D eigenvalue weighted by atomic mass is 9.86. The molecule has 1 heterocycles. The minimum Gasteiger partial charge on any atom is -0.481 e. The molecule has 1 aliphatic rings. The maximum Gasteiger partial charge on any atom is 0.303 e. The highest BCUT2D eigenvalue weighted by Gasteiger charge is 2.25. The molecule has 4 heteroatoms. The SMILES string of the molecule is Cc1nc(C2CCC2)sc1C(C)CC(=O)O. The van der Waals surface area contributed by atoms with Crippen molar-refractivity contribution in [1.29, 1.82) is 0 Å². The van der Waals surface area contributed by atoms with Crippen molar-refractivity contribution < 1.29 is 9.90 Å². The minimum atomic E-state index is -0.731. The summed E-state index contributed by atoms with van der Waals surface area (Å²) in [5, 5.41) is 10.0. The smallest absolute Gasteiger partial charge is 0.303 e. The van der Waals surface area contributed by atoms with Crippen molar-refractivity contribution in [2.45, 2.75) is 51.4 Å². The third-order valence-corrected chi connectivity index (χ3v) is 4.78. The molecule has 16 heavy (non-hydrogen) atoms. The third-order valence-electron chi connectivity index (χ3n) is 3.23. The van der Waals surface area contributed by atoms with Crippen molar-refractivity contribution in [2.24, 2.45) is 0 Å². The molecule has 0 aliphatic heterocycles. The molecule has 0 aromatic carbocycles. The molecule has 1 N–H and O–H groups in total. The van der Waals surface area contributed by atoms with Crippen LogP contribution in [0.15, 0.2) is 0 Å². The fourth-order valence-electron chi connectivity index (χ4n) is 2.07. The number of rotatable bonds is 4. The van der Waals surface area contributed by atoms with Crippen LogP contribution >= 0.6 is 11.3 Å². The van der Waals surface area contributed by atoms with Gasteiger partial charge in [0, 0.05) is 16.7 Å². The minimum absolute atomic E-state index is 0.0869. The second-order valence-electron chi connectivity index (χ2n) is 4.63. The highest BCUT2D eigenvalue weighted by atomic mass is 32.1. The first kappa shape index (κ1) is 11.6. The number of carbonyl (C=O) groups is 1. The Balaban J connectivity index is 2.13. The number of aliphatic carboxylic acids is 1. The molecule has 1 aromatic rings. The molecule has 0 amide bonds. The molecule has 1 aliphatic carbocycles. The number of hydrogen-bond donors (Lipinski definition) is 1. The number of nitrogens with zero attached hydrogens (tertiary/aromatic N) is 1. The first-order valence-corrected chi connectivity index (χ1v) is 6.58. The Bertz CT molecular complexity index is 396. The zero-order valence-electron chi connectivity index (χ0n) is 9.69. The molecule has 0 radical (unpaired) electrons. The summed E-state index contributed by atoms with van der Waals surface area (Å²) in [4.78, 5) is 16.4. The predicted molar refractivity (Wildman–Crippen MR) is 64.1 cm³/mol. The third kappa shape index (κ3) is 2.26. The predicted octanol–water partition coefficient (Wildman–Crippen LogP) is 3.30. The van der Waals surface area contributed by atoms with Crippen molar-refractivity contribution in [2.75, 3.05) is 0 Å². The average Bonchev–Trinajstić information content (AvgIpc) is 2.42. The number of aryl methyl sites for hydroxylation is 1. The Kier molecular flexibility index (Phi) is 3.28. The van der Waals surface area contributed by atoms with E-state index in [4.69, 9.17) is 5.11 Å². The number of thiazole rings is 1. The van der Waals surface area contributed by atoms with Crippen molar-refractivity contribution in [1.82, 2.24) is 4.98 Å². The summed E-state index contributed by atoms with van der Waals surface area (Å²) in [6, 6.07) is 0. The highest BCUT2D eigenvalue weighted by Crippen LogP contribution is 2.41. The summed E-state index contributed by atoms with van der Waals surface area (Å²) >= 11 is 1.72. The molecule has 2 rings (SSSR count). The van der Waals surface area contributed by atoms with E-state index < -0.39 is 5.97 Å². The van der Waals surface area contributed by atoms with Crippen LogP contribution in [-0.4, -0.2) is 16.1 Å². The van der Waals surface area contributed by atoms with Crippen molar-refractivity contribution in [3.05, 3.63) is 15.6 Å². The second kappa shape index (κ2) is 4.53. The first-order chi connectivity index (χ1) is 7.58. The molecular weight excluding hydrogens is 222 g/mol. The van der Waals surface area contributed by atoms with Crippen molar-refractivity contribution in [3.8, 4) is 0 Å². The quantitative estimate of drug-likeness (QED) is 0.877. The Hall–Kier alpha value is -0.900. The lowest BCUT2D eigenvalue weighted by Gasteiger charge is -2.22. The Labute approximate surface area is 99.5 Å². The molecule has 1 aromatic heterocycles. The van der Waals surface area contributed by atoms with Crippen LogP contribution in [0.4, 0.5) is 0 Å². The van der Waals surface area contributed by atoms with E-state index >= 15 is 0 Å². The first-order valence-electron chi connectivity index (χ1n) is 5.77. The summed E-state index contributed by atoms with van der Waals surface area (Å²) in [5.74, 6) is 0.00352. The monoisotopic (exact) mass is 239 g/mol. The van der Waals surface area contributed by atoms with E-state index in [9.17, 15) is 4.79 Å². The van der Waals surface area contributed by atoms with Gasteiger partial charge in [0.25, 0.3) is 0 Å². The summed E-state index contributed by atoms with van der Waals surface area (Å²) in [5.41, 5.74) is 1.03. The summed E-state index contributed by atoms with van der Waals surface area (Å²) in [7, 11) is 0. The van der Waals surface area contributed by atoms with E-state index in [1.165, 1.54) is 24.3 Å². The normalized spacial score (nSPS) is 18.1. The molecule has 0 bridgehead atoms. The van der Waals surface area contributed by atoms with Crippen LogP contribution in [0.5, 0.6) is 0 Å². The molecule has 0 spiro atoms. The van der Waals surface area contributed by atoms with Crippen LogP contribution in [0.3, 0.4) is 0 Å². The topological polar surface area (TPSA) is 50.2 Å². The van der Waals surface area contributed by atoms with Crippen molar-refractivity contribution >= 4 is 17.3 Å². The number of carboxylic acids is 1. The van der Waals surface area contributed by atoms with Gasteiger partial charge in [-0.3, -0.25) is 4.79 Å². The standard InChI is InChI=1S/C12H17NO2S/c1-7(6-10(14)15)11-8(2)13-12(16-11)9-4-3-5-9/h7,9H,3-6H2,1-2H3,(H,14,15). The van der Waals surface area contributed by atoms with E-state index in [-0.39, 0.29) is 12.3 Å². The van der Waals surface area contributed by atoms with Gasteiger partial charge in [-0.15, -0.1) is 11.3 Å². The maximum absolute atomic E-state index is 10.7. The van der Waals surface area contributed by atoms with Gasteiger partial charge in [-0.2, -0.15) is 0 Å². The van der Waals surface area contributed by atoms with Gasteiger partial charge in [-0.05, 0) is 19.8 Å². The Morgan fingerprint density at radius 1 is 1.62 bits per heavy atom. The van der Waals surface area contributed by atoms with Gasteiger partial charge >= 0.3 is 5.97 Å². The molecule has 1 saturated carbocycles. The summed E-state index contributed by atoms with van der Waals surface area (Å²) < 4.78 is 0. The fourth-order valence-corrected chi connectivity index (χ4v) is 3.36. The van der Waals surface area contributed by atoms with Gasteiger partial charge in [-0.25, -0.2) is 4.98 Å². The van der Waals surface area contributed by atoms with Gasteiger partial charge in [-0.1, -0.05) is 13.3 Å². The Morgan fingerprint density at radius 2 is 2.31 bits per heavy atom. The highest BCUT2D eigenvalue weighted by molar-refractivity contribution is 7.12. The van der Waals surface area contributed by atoms with Gasteiger partial charge in [0.2, 0.25) is 0 Å². The summed E-state index contributed by atoms with van der Waals surface area (Å²) in [6.45, 7) is 3.96. The van der Waals surface area contributed by atoms with E-state index in [0.717, 1.165) is 10.6 Å². The van der Waals surface area contributed by atoms with Crippen LogP contribution in [-0.2, 0) is 4.79 Å². The van der Waals surface area contributed by atoms with E-state index in [2.05, 4.69) is 4.98 Å². The molecule has 3 nitrogen and oxygen atoms in total.